The van der Waals surface area contributed by atoms with E-state index in [-0.39, 0.29) is 0 Å². The molecule has 188 valence electrons. The second kappa shape index (κ2) is 7.55. The van der Waals surface area contributed by atoms with Crippen LogP contribution in [0.3, 0.4) is 0 Å². The average Bonchev–Trinajstić information content (AvgIpc) is 3.61. The van der Waals surface area contributed by atoms with Gasteiger partial charge in [0.15, 0.2) is 0 Å². The summed E-state index contributed by atoms with van der Waals surface area (Å²) in [5.74, 6) is 0. The minimum atomic E-state index is 0.646. The predicted octanol–water partition coefficient (Wildman–Crippen LogP) is 8.09. The molecule has 4 N–H and O–H groups in total. The molecule has 8 aromatic rings. The van der Waals surface area contributed by atoms with E-state index in [1.54, 1.807) is 0 Å². The lowest BCUT2D eigenvalue weighted by molar-refractivity contribution is 1.16. The molecule has 0 bridgehead atoms. The van der Waals surface area contributed by atoms with Gasteiger partial charge in [-0.05, 0) is 36.4 Å². The Labute approximate surface area is 230 Å². The van der Waals surface area contributed by atoms with Crippen LogP contribution in [0.1, 0.15) is 11.1 Å². The van der Waals surface area contributed by atoms with Gasteiger partial charge in [0.2, 0.25) is 0 Å². The molecule has 0 saturated heterocycles. The van der Waals surface area contributed by atoms with Crippen LogP contribution < -0.4 is 11.5 Å². The van der Waals surface area contributed by atoms with E-state index in [0.717, 1.165) is 33.3 Å². The van der Waals surface area contributed by atoms with Crippen molar-refractivity contribution in [1.82, 2.24) is 9.13 Å². The molecule has 0 saturated carbocycles. The van der Waals surface area contributed by atoms with Gasteiger partial charge in [0.1, 0.15) is 0 Å². The van der Waals surface area contributed by atoms with Gasteiger partial charge < -0.3 is 20.6 Å². The lowest BCUT2D eigenvalue weighted by Crippen LogP contribution is -2.03. The molecule has 0 spiro atoms. The van der Waals surface area contributed by atoms with E-state index in [2.05, 4.69) is 130 Å². The quantitative estimate of drug-likeness (QED) is 0.246. The van der Waals surface area contributed by atoms with E-state index >= 15 is 0 Å². The summed E-state index contributed by atoms with van der Waals surface area (Å²) in [4.78, 5) is 0. The molecule has 2 aromatic heterocycles. The summed E-state index contributed by atoms with van der Waals surface area (Å²) in [5, 5.41) is 7.17. The molecule has 4 nitrogen and oxygen atoms in total. The SMILES string of the molecule is NC1=C(N)c2ccc(-n3c4ccccc4c4ccccc43)c3c(-n4c5ccccc5c5ccccc54)ccc1c23. The van der Waals surface area contributed by atoms with Crippen molar-refractivity contribution in [2.24, 2.45) is 11.5 Å². The number of hydrogen-bond donors (Lipinski definition) is 2. The van der Waals surface area contributed by atoms with Crippen LogP contribution >= 0.6 is 0 Å². The van der Waals surface area contributed by atoms with Crippen molar-refractivity contribution < 1.29 is 0 Å². The molecule has 40 heavy (non-hydrogen) atoms. The molecular formula is C36H24N4. The first-order chi connectivity index (χ1) is 19.7. The van der Waals surface area contributed by atoms with Crippen LogP contribution in [0.25, 0.3) is 77.2 Å². The monoisotopic (exact) mass is 512 g/mol. The maximum Gasteiger partial charge on any atom is 0.0634 e. The van der Waals surface area contributed by atoms with E-state index in [1.165, 1.54) is 43.6 Å². The maximum atomic E-state index is 6.62. The number of rotatable bonds is 2. The van der Waals surface area contributed by atoms with Crippen molar-refractivity contribution in [3.8, 4) is 11.4 Å². The molecule has 9 rings (SSSR count). The molecule has 4 heteroatoms. The Morgan fingerprint density at radius 1 is 0.350 bits per heavy atom. The first-order valence-electron chi connectivity index (χ1n) is 13.5. The van der Waals surface area contributed by atoms with E-state index < -0.39 is 0 Å². The highest BCUT2D eigenvalue weighted by atomic mass is 15.0. The third-order valence-electron chi connectivity index (χ3n) is 8.63. The average molecular weight is 513 g/mol. The minimum absolute atomic E-state index is 0.646. The summed E-state index contributed by atoms with van der Waals surface area (Å²) >= 11 is 0. The largest absolute Gasteiger partial charge is 0.397 e. The van der Waals surface area contributed by atoms with E-state index in [4.69, 9.17) is 11.5 Å². The zero-order valence-electron chi connectivity index (χ0n) is 21.6. The van der Waals surface area contributed by atoms with Gasteiger partial charge in [0.05, 0.1) is 44.8 Å². The number of aromatic nitrogens is 2. The highest BCUT2D eigenvalue weighted by Crippen LogP contribution is 2.46. The number of benzene rings is 6. The molecule has 0 radical (unpaired) electrons. The third-order valence-corrected chi connectivity index (χ3v) is 8.63. The molecule has 0 atom stereocenters. The van der Waals surface area contributed by atoms with Crippen molar-refractivity contribution in [2.45, 2.75) is 0 Å². The number of nitrogens with two attached hydrogens (primary N) is 2. The fourth-order valence-electron chi connectivity index (χ4n) is 6.94. The molecule has 0 fully saturated rings. The molecule has 0 aliphatic heterocycles. The minimum Gasteiger partial charge on any atom is -0.397 e. The second-order valence-corrected chi connectivity index (χ2v) is 10.6. The summed E-state index contributed by atoms with van der Waals surface area (Å²) in [6, 6.07) is 43.3. The highest BCUT2D eigenvalue weighted by molar-refractivity contribution is 6.19. The van der Waals surface area contributed by atoms with E-state index in [1.807, 2.05) is 0 Å². The van der Waals surface area contributed by atoms with Gasteiger partial charge in [-0.3, -0.25) is 0 Å². The molecule has 1 aliphatic rings. The Kier molecular flexibility index (Phi) is 4.05. The summed E-state index contributed by atoms with van der Waals surface area (Å²) in [5.41, 5.74) is 23.4. The third kappa shape index (κ3) is 2.55. The van der Waals surface area contributed by atoms with Gasteiger partial charge in [-0.2, -0.15) is 0 Å². The second-order valence-electron chi connectivity index (χ2n) is 10.6. The van der Waals surface area contributed by atoms with Gasteiger partial charge >= 0.3 is 0 Å². The standard InChI is InChI=1S/C36H24N4/c37-35-25-17-19-31(39-27-13-5-1-9-21(27)22-10-2-6-14-28(22)39)34-32(20-18-26(33(25)34)36(35)38)40-29-15-7-3-11-23(29)24-12-4-8-16-30(24)40/h1-20H,37-38H2. The van der Waals surface area contributed by atoms with Gasteiger partial charge in [-0.15, -0.1) is 0 Å². The molecule has 2 heterocycles. The topological polar surface area (TPSA) is 61.9 Å². The first-order valence-corrected chi connectivity index (χ1v) is 13.5. The Bertz CT molecular complexity index is 2130. The van der Waals surface area contributed by atoms with Gasteiger partial charge in [0, 0.05) is 43.4 Å². The van der Waals surface area contributed by atoms with Crippen LogP contribution in [0, 0.1) is 0 Å². The normalized spacial score (nSPS) is 13.1. The van der Waals surface area contributed by atoms with Gasteiger partial charge in [0.25, 0.3) is 0 Å². The van der Waals surface area contributed by atoms with Crippen LogP contribution in [0.5, 0.6) is 0 Å². The zero-order valence-corrected chi connectivity index (χ0v) is 21.6. The Balaban J connectivity index is 1.53. The summed E-state index contributed by atoms with van der Waals surface area (Å²) in [6.07, 6.45) is 0. The first kappa shape index (κ1) is 21.5. The molecular weight excluding hydrogens is 488 g/mol. The molecule has 6 aromatic carbocycles. The van der Waals surface area contributed by atoms with Crippen LogP contribution in [-0.2, 0) is 0 Å². The number of fused-ring (bicyclic) bond motifs is 6. The summed E-state index contributed by atoms with van der Waals surface area (Å²) in [6.45, 7) is 0. The fourth-order valence-corrected chi connectivity index (χ4v) is 6.94. The lowest BCUT2D eigenvalue weighted by atomic mass is 9.99. The van der Waals surface area contributed by atoms with Crippen molar-refractivity contribution >= 4 is 65.8 Å². The Morgan fingerprint density at radius 2 is 0.675 bits per heavy atom. The Morgan fingerprint density at radius 3 is 1.02 bits per heavy atom. The van der Waals surface area contributed by atoms with Crippen molar-refractivity contribution in [3.05, 3.63) is 132 Å². The van der Waals surface area contributed by atoms with E-state index in [9.17, 15) is 0 Å². The van der Waals surface area contributed by atoms with Crippen molar-refractivity contribution in [1.29, 1.82) is 0 Å². The van der Waals surface area contributed by atoms with Crippen LogP contribution in [0.15, 0.2) is 121 Å². The molecule has 0 unspecified atom stereocenters. The number of nitrogens with zero attached hydrogens (tertiary/aromatic N) is 2. The van der Waals surface area contributed by atoms with Crippen molar-refractivity contribution in [2.75, 3.05) is 0 Å². The van der Waals surface area contributed by atoms with Crippen LogP contribution in [-0.4, -0.2) is 9.13 Å². The summed E-state index contributed by atoms with van der Waals surface area (Å²) in [7, 11) is 0. The highest BCUT2D eigenvalue weighted by Gasteiger charge is 2.27. The smallest absolute Gasteiger partial charge is 0.0634 e. The molecule has 0 amide bonds. The maximum absolute atomic E-state index is 6.62. The Hall–Kier alpha value is -5.48. The van der Waals surface area contributed by atoms with Crippen molar-refractivity contribution in [3.63, 3.8) is 0 Å². The molecule has 1 aliphatic carbocycles. The lowest BCUT2D eigenvalue weighted by Gasteiger charge is -2.19. The van der Waals surface area contributed by atoms with Crippen LogP contribution in [0.2, 0.25) is 0 Å². The van der Waals surface area contributed by atoms with Gasteiger partial charge in [-0.25, -0.2) is 0 Å². The fraction of sp³-hybridized carbons (Fsp3) is 0. The summed E-state index contributed by atoms with van der Waals surface area (Å²) < 4.78 is 4.80. The van der Waals surface area contributed by atoms with Gasteiger partial charge in [-0.1, -0.05) is 84.9 Å². The predicted molar refractivity (Wildman–Crippen MR) is 168 cm³/mol. The van der Waals surface area contributed by atoms with E-state index in [0.29, 0.717) is 11.4 Å². The zero-order chi connectivity index (χ0) is 26.5. The number of hydrogen-bond acceptors (Lipinski definition) is 2. The van der Waals surface area contributed by atoms with Crippen LogP contribution in [0.4, 0.5) is 0 Å². The number of para-hydroxylation sites is 4.